The number of carbonyl (C=O) groups excluding carboxylic acids is 1. The lowest BCUT2D eigenvalue weighted by atomic mass is 9.86. The molecule has 0 bridgehead atoms. The van der Waals surface area contributed by atoms with Crippen molar-refractivity contribution in [3.8, 4) is 0 Å². The lowest BCUT2D eigenvalue weighted by Crippen LogP contribution is -2.33. The Balaban J connectivity index is 1.81. The quantitative estimate of drug-likeness (QED) is 0.331. The molecule has 2 aromatic carbocycles. The average Bonchev–Trinajstić information content (AvgIpc) is 2.93. The molecule has 2 N–H and O–H groups in total. The number of anilines is 1. The number of guanidine groups is 1. The maximum atomic E-state index is 13.1. The van der Waals surface area contributed by atoms with Crippen LogP contribution in [0.4, 0.5) is 5.69 Å². The van der Waals surface area contributed by atoms with Gasteiger partial charge in [-0.1, -0.05) is 51.1 Å². The van der Waals surface area contributed by atoms with Crippen LogP contribution in [0.15, 0.2) is 74.0 Å². The van der Waals surface area contributed by atoms with Crippen LogP contribution in [-0.4, -0.2) is 75.2 Å². The summed E-state index contributed by atoms with van der Waals surface area (Å²) in [5.74, 6) is 0.989. The maximum Gasteiger partial charge on any atom is 0.251 e. The second kappa shape index (κ2) is 13.8. The molecular formula is C31H42N8O. The van der Waals surface area contributed by atoms with Crippen molar-refractivity contribution in [1.82, 2.24) is 15.1 Å². The summed E-state index contributed by atoms with van der Waals surface area (Å²) < 4.78 is 0. The first-order chi connectivity index (χ1) is 19.0. The Kier molecular flexibility index (Phi) is 10.5. The van der Waals surface area contributed by atoms with Gasteiger partial charge in [-0.2, -0.15) is 0 Å². The number of allylic oxidation sites excluding steroid dienone is 1. The fourth-order valence-electron chi connectivity index (χ4n) is 3.93. The van der Waals surface area contributed by atoms with Crippen molar-refractivity contribution in [2.24, 2.45) is 20.0 Å². The van der Waals surface area contributed by atoms with E-state index in [9.17, 15) is 4.79 Å². The molecule has 40 heavy (non-hydrogen) atoms. The number of amides is 1. The minimum Gasteiger partial charge on any atom is -0.348 e. The standard InChI is InChI=1S/C31H42N8O/c1-22-12-13-24(29(40)34-20-23-10-9-11-25(18-23)31(2,3)4)19-27(22)36-28(35-21-32-5)26-14-15-33-30(37-26)39(8)17-16-38(6)7/h9-13,15,18-19,21,36H,5,14,16-17,20H2,1-4,6-8H3,(H,34,40)/b28-26-,35-21-. The van der Waals surface area contributed by atoms with Gasteiger partial charge in [-0.15, -0.1) is 0 Å². The number of benzene rings is 2. The Bertz CT molecular complexity index is 1330. The van der Waals surface area contributed by atoms with Gasteiger partial charge in [0, 0.05) is 50.6 Å². The van der Waals surface area contributed by atoms with Crippen molar-refractivity contribution in [1.29, 1.82) is 0 Å². The summed E-state index contributed by atoms with van der Waals surface area (Å²) in [6.07, 6.45) is 3.71. The molecule has 1 heterocycles. The Hall–Kier alpha value is -4.11. The molecule has 3 rings (SSSR count). The van der Waals surface area contributed by atoms with E-state index in [1.54, 1.807) is 0 Å². The number of aliphatic imine (C=N–C) groups is 4. The number of nitrogens with one attached hydrogen (secondary N) is 2. The molecule has 0 radical (unpaired) electrons. The molecule has 0 aromatic heterocycles. The summed E-state index contributed by atoms with van der Waals surface area (Å²) in [5.41, 5.74) is 5.33. The molecule has 0 fully saturated rings. The number of nitrogens with zero attached hydrogens (tertiary/aromatic N) is 6. The molecule has 1 aliphatic heterocycles. The van der Waals surface area contributed by atoms with E-state index >= 15 is 0 Å². The summed E-state index contributed by atoms with van der Waals surface area (Å²) in [6.45, 7) is 14.1. The summed E-state index contributed by atoms with van der Waals surface area (Å²) in [5, 5.41) is 6.42. The number of likely N-dealkylation sites (N-methyl/N-ethyl adjacent to an activating group) is 2. The summed E-state index contributed by atoms with van der Waals surface area (Å²) in [7, 11) is 6.03. The van der Waals surface area contributed by atoms with Crippen molar-refractivity contribution in [2.45, 2.75) is 46.1 Å². The number of hydrogen-bond acceptors (Lipinski definition) is 7. The van der Waals surface area contributed by atoms with E-state index < -0.39 is 0 Å². The molecule has 2 aromatic rings. The zero-order valence-corrected chi connectivity index (χ0v) is 24.8. The van der Waals surface area contributed by atoms with Gasteiger partial charge in [-0.05, 0) is 62.0 Å². The van der Waals surface area contributed by atoms with E-state index in [0.717, 1.165) is 35.6 Å². The normalized spacial score (nSPS) is 14.8. The van der Waals surface area contributed by atoms with Crippen LogP contribution in [0.1, 0.15) is 54.2 Å². The lowest BCUT2D eigenvalue weighted by Gasteiger charge is -2.22. The fourth-order valence-corrected chi connectivity index (χ4v) is 3.93. The van der Waals surface area contributed by atoms with Gasteiger partial charge in [0.15, 0.2) is 5.82 Å². The monoisotopic (exact) mass is 542 g/mol. The highest BCUT2D eigenvalue weighted by atomic mass is 16.1. The smallest absolute Gasteiger partial charge is 0.251 e. The first kappa shape index (κ1) is 30.4. The highest BCUT2D eigenvalue weighted by Gasteiger charge is 2.17. The molecule has 0 saturated carbocycles. The third-order valence-corrected chi connectivity index (χ3v) is 6.49. The molecule has 0 unspecified atom stereocenters. The van der Waals surface area contributed by atoms with Crippen molar-refractivity contribution in [3.05, 3.63) is 76.2 Å². The van der Waals surface area contributed by atoms with Crippen molar-refractivity contribution >= 4 is 36.8 Å². The van der Waals surface area contributed by atoms with Crippen LogP contribution in [-0.2, 0) is 12.0 Å². The van der Waals surface area contributed by atoms with E-state index in [1.807, 2.05) is 69.5 Å². The van der Waals surface area contributed by atoms with Gasteiger partial charge in [-0.3, -0.25) is 9.79 Å². The molecule has 9 nitrogen and oxygen atoms in total. The van der Waals surface area contributed by atoms with Crippen LogP contribution in [0.25, 0.3) is 0 Å². The minimum absolute atomic E-state index is 0.0456. The first-order valence-electron chi connectivity index (χ1n) is 13.4. The number of hydrogen-bond donors (Lipinski definition) is 2. The zero-order valence-electron chi connectivity index (χ0n) is 24.8. The highest BCUT2D eigenvalue weighted by Crippen LogP contribution is 2.24. The molecule has 9 heteroatoms. The van der Waals surface area contributed by atoms with Gasteiger partial charge in [0.25, 0.3) is 5.91 Å². The van der Waals surface area contributed by atoms with E-state index in [0.29, 0.717) is 30.3 Å². The van der Waals surface area contributed by atoms with Crippen LogP contribution in [0.2, 0.25) is 0 Å². The lowest BCUT2D eigenvalue weighted by molar-refractivity contribution is 0.0951. The van der Waals surface area contributed by atoms with Crippen molar-refractivity contribution < 1.29 is 4.79 Å². The van der Waals surface area contributed by atoms with Crippen molar-refractivity contribution in [3.63, 3.8) is 0 Å². The third kappa shape index (κ3) is 8.71. The average molecular weight is 543 g/mol. The molecule has 0 spiro atoms. The zero-order chi connectivity index (χ0) is 29.3. The number of aryl methyl sites for hydroxylation is 1. The molecule has 1 aliphatic rings. The minimum atomic E-state index is -0.151. The molecule has 0 aliphatic carbocycles. The predicted molar refractivity (Wildman–Crippen MR) is 168 cm³/mol. The Labute approximate surface area is 238 Å². The molecule has 0 saturated heterocycles. The fraction of sp³-hybridized carbons (Fsp3) is 0.387. The molecule has 212 valence electrons. The van der Waals surface area contributed by atoms with Gasteiger partial charge in [0.1, 0.15) is 6.34 Å². The topological polar surface area (TPSA) is 97.0 Å². The Morgan fingerprint density at radius 1 is 1.12 bits per heavy atom. The van der Waals surface area contributed by atoms with Crippen LogP contribution in [0.5, 0.6) is 0 Å². The number of rotatable bonds is 10. The second-order valence-corrected chi connectivity index (χ2v) is 11.2. The Morgan fingerprint density at radius 3 is 2.60 bits per heavy atom. The largest absolute Gasteiger partial charge is 0.348 e. The molecule has 0 atom stereocenters. The van der Waals surface area contributed by atoms with E-state index in [1.165, 1.54) is 11.9 Å². The molecular weight excluding hydrogens is 500 g/mol. The van der Waals surface area contributed by atoms with Crippen LogP contribution >= 0.6 is 0 Å². The van der Waals surface area contributed by atoms with E-state index in [4.69, 9.17) is 4.99 Å². The third-order valence-electron chi connectivity index (χ3n) is 6.49. The first-order valence-corrected chi connectivity index (χ1v) is 13.4. The summed E-state index contributed by atoms with van der Waals surface area (Å²) >= 11 is 0. The van der Waals surface area contributed by atoms with E-state index in [-0.39, 0.29) is 11.3 Å². The van der Waals surface area contributed by atoms with Crippen molar-refractivity contribution in [2.75, 3.05) is 39.5 Å². The summed E-state index contributed by atoms with van der Waals surface area (Å²) in [6, 6.07) is 13.9. The Morgan fingerprint density at radius 2 is 1.90 bits per heavy atom. The maximum absolute atomic E-state index is 13.1. The second-order valence-electron chi connectivity index (χ2n) is 11.2. The van der Waals surface area contributed by atoms with Crippen LogP contribution < -0.4 is 10.6 Å². The highest BCUT2D eigenvalue weighted by molar-refractivity contribution is 5.95. The number of carbonyl (C=O) groups is 1. The van der Waals surface area contributed by atoms with Gasteiger partial charge < -0.3 is 20.4 Å². The predicted octanol–water partition coefficient (Wildman–Crippen LogP) is 4.86. The van der Waals surface area contributed by atoms with E-state index in [2.05, 4.69) is 70.1 Å². The van der Waals surface area contributed by atoms with Crippen LogP contribution in [0, 0.1) is 6.92 Å². The SMILES string of the molecule is C=N/C=N\C(Nc1cc(C(=O)NCc2cccc(C(C)(C)C)c2)ccc1C)=C1/CC=NC(N(C)CCN(C)C)=N1. The van der Waals surface area contributed by atoms with Gasteiger partial charge in [0.2, 0.25) is 5.96 Å². The van der Waals surface area contributed by atoms with Gasteiger partial charge >= 0.3 is 0 Å². The summed E-state index contributed by atoms with van der Waals surface area (Å²) in [4.78, 5) is 34.7. The van der Waals surface area contributed by atoms with Gasteiger partial charge in [-0.25, -0.2) is 15.0 Å². The molecule has 1 amide bonds. The van der Waals surface area contributed by atoms with Gasteiger partial charge in [0.05, 0.1) is 5.70 Å². The van der Waals surface area contributed by atoms with Crippen LogP contribution in [0.3, 0.4) is 0 Å².